The molecule has 28 heavy (non-hydrogen) atoms. The molecule has 2 aromatic carbocycles. The van der Waals surface area contributed by atoms with Gasteiger partial charge in [-0.25, -0.2) is 4.39 Å². The van der Waals surface area contributed by atoms with Crippen molar-refractivity contribution in [2.75, 3.05) is 24.3 Å². The molecular weight excluding hydrogens is 378 g/mol. The van der Waals surface area contributed by atoms with Gasteiger partial charge in [0.1, 0.15) is 5.82 Å². The highest BCUT2D eigenvalue weighted by molar-refractivity contribution is 5.86. The maximum Gasteiger partial charge on any atom is 0.416 e. The van der Waals surface area contributed by atoms with Crippen LogP contribution in [0.15, 0.2) is 42.6 Å². The van der Waals surface area contributed by atoms with E-state index in [1.54, 1.807) is 0 Å². The highest BCUT2D eigenvalue weighted by Gasteiger charge is 2.31. The zero-order valence-corrected chi connectivity index (χ0v) is 14.9. The van der Waals surface area contributed by atoms with Crippen LogP contribution in [0.5, 0.6) is 0 Å². The van der Waals surface area contributed by atoms with Crippen LogP contribution in [-0.2, 0) is 17.4 Å². The first-order valence-electron chi connectivity index (χ1n) is 8.25. The van der Waals surface area contributed by atoms with Crippen molar-refractivity contribution in [2.45, 2.75) is 12.6 Å². The summed E-state index contributed by atoms with van der Waals surface area (Å²) >= 11 is 0. The number of carbonyl (C=O) groups excluding carboxylic acids is 1. The number of aliphatic hydroxyl groups excluding tert-OH is 1. The van der Waals surface area contributed by atoms with E-state index < -0.39 is 17.6 Å². The number of aliphatic hydroxyl groups is 1. The van der Waals surface area contributed by atoms with Crippen molar-refractivity contribution in [3.63, 3.8) is 0 Å². The molecular formula is C19H19F4N3O2. The summed E-state index contributed by atoms with van der Waals surface area (Å²) in [4.78, 5) is 13.1. The monoisotopic (exact) mass is 397 g/mol. The molecule has 0 fully saturated rings. The molecule has 0 unspecified atom stereocenters. The van der Waals surface area contributed by atoms with Gasteiger partial charge in [-0.05, 0) is 48.4 Å². The van der Waals surface area contributed by atoms with Crippen LogP contribution in [0.2, 0.25) is 0 Å². The molecule has 0 aliphatic heterocycles. The van der Waals surface area contributed by atoms with Crippen molar-refractivity contribution in [1.82, 2.24) is 4.98 Å². The van der Waals surface area contributed by atoms with Gasteiger partial charge in [-0.1, -0.05) is 0 Å². The summed E-state index contributed by atoms with van der Waals surface area (Å²) in [6.07, 6.45) is -1.83. The summed E-state index contributed by atoms with van der Waals surface area (Å²) in [6.45, 7) is 0.188. The largest absolute Gasteiger partial charge is 0.416 e. The number of anilines is 2. The molecule has 1 heterocycles. The first kappa shape index (κ1) is 21.2. The van der Waals surface area contributed by atoms with E-state index in [9.17, 15) is 22.4 Å². The first-order chi connectivity index (χ1) is 13.3. The van der Waals surface area contributed by atoms with Crippen molar-refractivity contribution < 1.29 is 27.5 Å². The molecule has 1 aromatic heterocycles. The van der Waals surface area contributed by atoms with Gasteiger partial charge in [0.2, 0.25) is 6.41 Å². The van der Waals surface area contributed by atoms with Crippen molar-refractivity contribution in [3.05, 3.63) is 59.5 Å². The number of halogens is 4. The van der Waals surface area contributed by atoms with Crippen LogP contribution < -0.4 is 10.6 Å². The van der Waals surface area contributed by atoms with Crippen molar-refractivity contribution in [2.24, 2.45) is 0 Å². The highest BCUT2D eigenvalue weighted by atomic mass is 19.4. The molecule has 0 spiro atoms. The molecule has 3 aromatic rings. The molecule has 0 saturated heterocycles. The fraction of sp³-hybridized carbons (Fsp3) is 0.211. The number of alkyl halides is 3. The number of rotatable bonds is 5. The number of benzene rings is 2. The fourth-order valence-electron chi connectivity index (χ4n) is 2.62. The lowest BCUT2D eigenvalue weighted by Crippen LogP contribution is -2.06. The first-order valence-corrected chi connectivity index (χ1v) is 8.25. The summed E-state index contributed by atoms with van der Waals surface area (Å²) in [5.74, 6) is -1.05. The molecule has 0 aliphatic carbocycles. The number of nitrogens with one attached hydrogen (secondary N) is 3. The second-order valence-corrected chi connectivity index (χ2v) is 5.79. The van der Waals surface area contributed by atoms with Gasteiger partial charge in [-0.2, -0.15) is 13.2 Å². The predicted molar refractivity (Wildman–Crippen MR) is 99.7 cm³/mol. The minimum atomic E-state index is -4.62. The summed E-state index contributed by atoms with van der Waals surface area (Å²) in [7, 11) is 1.90. The molecule has 1 amide bonds. The van der Waals surface area contributed by atoms with Crippen molar-refractivity contribution in [1.29, 1.82) is 0 Å². The SMILES string of the molecule is CNc1cc(CCO)c2cc[nH]c2c1.O=CNc1cc(F)cc(C(F)(F)F)c1. The average molecular weight is 397 g/mol. The Morgan fingerprint density at radius 3 is 2.50 bits per heavy atom. The summed E-state index contributed by atoms with van der Waals surface area (Å²) in [6, 6.07) is 7.99. The van der Waals surface area contributed by atoms with Gasteiger partial charge in [-0.3, -0.25) is 4.79 Å². The van der Waals surface area contributed by atoms with Gasteiger partial charge >= 0.3 is 6.18 Å². The van der Waals surface area contributed by atoms with E-state index in [-0.39, 0.29) is 18.7 Å². The Balaban J connectivity index is 0.000000200. The molecule has 4 N–H and O–H groups in total. The quantitative estimate of drug-likeness (QED) is 0.386. The number of fused-ring (bicyclic) bond motifs is 1. The normalized spacial score (nSPS) is 10.9. The maximum atomic E-state index is 12.6. The van der Waals surface area contributed by atoms with Crippen LogP contribution in [0.4, 0.5) is 28.9 Å². The Hall–Kier alpha value is -3.07. The molecule has 0 radical (unpaired) electrons. The minimum Gasteiger partial charge on any atom is -0.396 e. The number of amides is 1. The van der Waals surface area contributed by atoms with E-state index in [0.29, 0.717) is 18.6 Å². The van der Waals surface area contributed by atoms with Gasteiger partial charge < -0.3 is 20.7 Å². The van der Waals surface area contributed by atoms with Crippen LogP contribution in [-0.4, -0.2) is 30.2 Å². The molecule has 0 bridgehead atoms. The highest BCUT2D eigenvalue weighted by Crippen LogP contribution is 2.31. The van der Waals surface area contributed by atoms with Gasteiger partial charge in [0.25, 0.3) is 0 Å². The van der Waals surface area contributed by atoms with E-state index in [1.807, 2.05) is 24.6 Å². The van der Waals surface area contributed by atoms with Gasteiger partial charge in [0.15, 0.2) is 0 Å². The van der Waals surface area contributed by atoms with E-state index in [2.05, 4.69) is 22.4 Å². The lowest BCUT2D eigenvalue weighted by Gasteiger charge is -2.08. The third kappa shape index (κ3) is 5.46. The van der Waals surface area contributed by atoms with Crippen LogP contribution in [0.25, 0.3) is 10.9 Å². The van der Waals surface area contributed by atoms with Gasteiger partial charge in [-0.15, -0.1) is 0 Å². The molecule has 150 valence electrons. The van der Waals surface area contributed by atoms with Crippen molar-refractivity contribution >= 4 is 28.7 Å². The van der Waals surface area contributed by atoms with Crippen molar-refractivity contribution in [3.8, 4) is 0 Å². The van der Waals surface area contributed by atoms with E-state index in [0.717, 1.165) is 17.3 Å². The van der Waals surface area contributed by atoms with Crippen LogP contribution in [0.1, 0.15) is 11.1 Å². The molecule has 3 rings (SSSR count). The molecule has 9 heteroatoms. The number of carbonyl (C=O) groups is 1. The molecule has 0 saturated carbocycles. The molecule has 0 atom stereocenters. The number of hydrogen-bond acceptors (Lipinski definition) is 3. The Kier molecular flexibility index (Phi) is 7.00. The summed E-state index contributed by atoms with van der Waals surface area (Å²) in [5.41, 5.74) is 1.99. The fourth-order valence-corrected chi connectivity index (χ4v) is 2.62. The third-order valence-corrected chi connectivity index (χ3v) is 3.88. The predicted octanol–water partition coefficient (Wildman–Crippen LogP) is 4.16. The second kappa shape index (κ2) is 9.23. The second-order valence-electron chi connectivity index (χ2n) is 5.79. The Bertz CT molecular complexity index is 939. The summed E-state index contributed by atoms with van der Waals surface area (Å²) < 4.78 is 48.9. The average Bonchev–Trinajstić information content (AvgIpc) is 3.10. The van der Waals surface area contributed by atoms with E-state index in [1.165, 1.54) is 10.9 Å². The number of H-pyrrole nitrogens is 1. The number of aromatic amines is 1. The zero-order chi connectivity index (χ0) is 20.7. The Labute approximate surface area is 158 Å². The Morgan fingerprint density at radius 2 is 1.89 bits per heavy atom. The minimum absolute atomic E-state index is 0.176. The van der Waals surface area contributed by atoms with Crippen LogP contribution in [0, 0.1) is 5.82 Å². The maximum absolute atomic E-state index is 12.6. The lowest BCUT2D eigenvalue weighted by atomic mass is 10.1. The van der Waals surface area contributed by atoms with Crippen LogP contribution in [0.3, 0.4) is 0 Å². The lowest BCUT2D eigenvalue weighted by molar-refractivity contribution is -0.137. The topological polar surface area (TPSA) is 77.2 Å². The van der Waals surface area contributed by atoms with Gasteiger partial charge in [0, 0.05) is 42.1 Å². The third-order valence-electron chi connectivity index (χ3n) is 3.88. The number of aromatic nitrogens is 1. The molecule has 0 aliphatic rings. The zero-order valence-electron chi connectivity index (χ0n) is 14.9. The number of hydrogen-bond donors (Lipinski definition) is 4. The smallest absolute Gasteiger partial charge is 0.396 e. The van der Waals surface area contributed by atoms with E-state index in [4.69, 9.17) is 5.11 Å². The standard InChI is InChI=1S/C11H14N2O.C8H5F4NO/c1-12-9-6-8(3-5-14)10-2-4-13-11(10)7-9;9-6-1-5(8(10,11)12)2-7(3-6)13-4-14/h2,4,6-7,12-14H,3,5H2,1H3;1-4H,(H,13,14). The summed E-state index contributed by atoms with van der Waals surface area (Å²) in [5, 5.41) is 15.2. The van der Waals surface area contributed by atoms with Gasteiger partial charge in [0.05, 0.1) is 5.56 Å². The Morgan fingerprint density at radius 1 is 1.14 bits per heavy atom. The van der Waals surface area contributed by atoms with Crippen LogP contribution >= 0.6 is 0 Å². The van der Waals surface area contributed by atoms with E-state index >= 15 is 0 Å². The molecule has 5 nitrogen and oxygen atoms in total.